The van der Waals surface area contributed by atoms with Crippen molar-refractivity contribution in [3.63, 3.8) is 0 Å². The molecule has 2 fully saturated rings. The lowest BCUT2D eigenvalue weighted by molar-refractivity contribution is -0.179. The number of rotatable bonds is 1. The molecule has 3 rings (SSSR count). The molecule has 1 heterocycles. The molecule has 0 amide bonds. The van der Waals surface area contributed by atoms with Crippen molar-refractivity contribution in [3.8, 4) is 0 Å². The van der Waals surface area contributed by atoms with Gasteiger partial charge in [0, 0.05) is 5.92 Å². The average molecular weight is 274 g/mol. The van der Waals surface area contributed by atoms with Crippen LogP contribution in [0.3, 0.4) is 0 Å². The molecule has 0 N–H and O–H groups in total. The van der Waals surface area contributed by atoms with Gasteiger partial charge in [0.2, 0.25) is 0 Å². The molecule has 2 aliphatic carbocycles. The zero-order valence-electron chi connectivity index (χ0n) is 13.7. The minimum absolute atomic E-state index is 0.0247. The first-order valence-corrected chi connectivity index (χ1v) is 8.33. The Bertz CT molecular complexity index is 447. The fraction of sp³-hybridized carbons (Fsp3) is 0.789. The Labute approximate surface area is 124 Å². The van der Waals surface area contributed by atoms with E-state index in [9.17, 15) is 0 Å². The summed E-state index contributed by atoms with van der Waals surface area (Å²) in [6.45, 7) is 13.8. The Kier molecular flexibility index (Phi) is 3.12. The van der Waals surface area contributed by atoms with E-state index in [-0.39, 0.29) is 5.60 Å². The molecule has 1 nitrogen and oxygen atoms in total. The molecule has 0 bridgehead atoms. The molecule has 2 saturated carbocycles. The predicted octanol–water partition coefficient (Wildman–Crippen LogP) is 5.48. The lowest BCUT2D eigenvalue weighted by Gasteiger charge is -2.62. The van der Waals surface area contributed by atoms with Gasteiger partial charge in [0.1, 0.15) is 11.4 Å². The zero-order valence-corrected chi connectivity index (χ0v) is 13.7. The van der Waals surface area contributed by atoms with Crippen molar-refractivity contribution in [2.45, 2.75) is 71.8 Å². The van der Waals surface area contributed by atoms with Crippen molar-refractivity contribution in [1.29, 1.82) is 0 Å². The topological polar surface area (TPSA) is 9.23 Å². The number of fused-ring (bicyclic) bond motifs is 3. The summed E-state index contributed by atoms with van der Waals surface area (Å²) >= 11 is 0. The molecule has 0 spiro atoms. The molecule has 0 unspecified atom stereocenters. The summed E-state index contributed by atoms with van der Waals surface area (Å²) in [6.07, 6.45) is 12.0. The van der Waals surface area contributed by atoms with Gasteiger partial charge in [-0.3, -0.25) is 0 Å². The average Bonchev–Trinajstić information content (AvgIpc) is 2.36. The molecule has 0 aromatic rings. The van der Waals surface area contributed by atoms with Crippen molar-refractivity contribution in [3.05, 3.63) is 24.5 Å². The van der Waals surface area contributed by atoms with Crippen molar-refractivity contribution in [2.24, 2.45) is 22.7 Å². The van der Waals surface area contributed by atoms with E-state index in [0.29, 0.717) is 16.7 Å². The molecule has 20 heavy (non-hydrogen) atoms. The summed E-state index contributed by atoms with van der Waals surface area (Å²) in [5.41, 5.74) is 0.964. The molecule has 112 valence electrons. The minimum Gasteiger partial charge on any atom is -0.488 e. The van der Waals surface area contributed by atoms with Gasteiger partial charge in [-0.1, -0.05) is 33.8 Å². The fourth-order valence-electron chi connectivity index (χ4n) is 5.92. The normalized spacial score (nSPS) is 46.5. The molecule has 0 aromatic heterocycles. The van der Waals surface area contributed by atoms with Crippen LogP contribution in [0.25, 0.3) is 0 Å². The van der Waals surface area contributed by atoms with Crippen LogP contribution in [-0.2, 0) is 4.74 Å². The molecule has 0 saturated heterocycles. The number of hydrogen-bond donors (Lipinski definition) is 0. The van der Waals surface area contributed by atoms with Gasteiger partial charge in [-0.25, -0.2) is 0 Å². The Morgan fingerprint density at radius 3 is 2.60 bits per heavy atom. The predicted molar refractivity (Wildman–Crippen MR) is 84.3 cm³/mol. The Morgan fingerprint density at radius 1 is 1.15 bits per heavy atom. The van der Waals surface area contributed by atoms with Crippen LogP contribution >= 0.6 is 0 Å². The van der Waals surface area contributed by atoms with Gasteiger partial charge >= 0.3 is 0 Å². The van der Waals surface area contributed by atoms with Crippen molar-refractivity contribution >= 4 is 0 Å². The van der Waals surface area contributed by atoms with E-state index in [1.165, 1.54) is 38.5 Å². The highest BCUT2D eigenvalue weighted by atomic mass is 16.5. The molecule has 1 heteroatoms. The van der Waals surface area contributed by atoms with E-state index in [1.54, 1.807) is 0 Å². The van der Waals surface area contributed by atoms with Crippen LogP contribution in [0.4, 0.5) is 0 Å². The molecule has 0 radical (unpaired) electrons. The second kappa shape index (κ2) is 4.39. The maximum Gasteiger partial charge on any atom is 0.115 e. The highest BCUT2D eigenvalue weighted by Crippen LogP contribution is 2.64. The smallest absolute Gasteiger partial charge is 0.115 e. The van der Waals surface area contributed by atoms with Crippen LogP contribution in [0.5, 0.6) is 0 Å². The van der Waals surface area contributed by atoms with Gasteiger partial charge in [-0.15, -0.1) is 0 Å². The molecule has 4 atom stereocenters. The van der Waals surface area contributed by atoms with Crippen LogP contribution in [0.1, 0.15) is 66.2 Å². The maximum atomic E-state index is 6.35. The van der Waals surface area contributed by atoms with Gasteiger partial charge in [0.15, 0.2) is 0 Å². The summed E-state index contributed by atoms with van der Waals surface area (Å²) in [5.74, 6) is 2.52. The minimum atomic E-state index is 0.0247. The first kappa shape index (κ1) is 14.2. The van der Waals surface area contributed by atoms with E-state index in [2.05, 4.69) is 40.3 Å². The lowest BCUT2D eigenvalue weighted by atomic mass is 9.45. The SMILES string of the molecule is C=CC1=CC[C@@H]2[C@@]3(C)CCCC(C)(C)[C@@H]3CC[C@@]2(C)O1. The molecular weight excluding hydrogens is 244 g/mol. The molecular formula is C19H30O. The van der Waals surface area contributed by atoms with Gasteiger partial charge in [0.05, 0.1) is 0 Å². The number of ether oxygens (including phenoxy) is 1. The third kappa shape index (κ3) is 1.89. The first-order chi connectivity index (χ1) is 9.32. The second-order valence-electron chi connectivity index (χ2n) is 8.45. The highest BCUT2D eigenvalue weighted by Gasteiger charge is 2.59. The van der Waals surface area contributed by atoms with E-state index in [0.717, 1.165) is 11.7 Å². The lowest BCUT2D eigenvalue weighted by Crippen LogP contribution is -2.59. The van der Waals surface area contributed by atoms with Gasteiger partial charge < -0.3 is 4.74 Å². The third-order valence-corrected chi connectivity index (χ3v) is 6.85. The summed E-state index contributed by atoms with van der Waals surface area (Å²) < 4.78 is 6.35. The van der Waals surface area contributed by atoms with E-state index >= 15 is 0 Å². The van der Waals surface area contributed by atoms with E-state index < -0.39 is 0 Å². The van der Waals surface area contributed by atoms with Crippen LogP contribution in [0, 0.1) is 22.7 Å². The summed E-state index contributed by atoms with van der Waals surface area (Å²) in [7, 11) is 0. The molecule has 3 aliphatic rings. The van der Waals surface area contributed by atoms with Crippen LogP contribution in [0.15, 0.2) is 24.5 Å². The van der Waals surface area contributed by atoms with Crippen LogP contribution in [0.2, 0.25) is 0 Å². The fourth-order valence-corrected chi connectivity index (χ4v) is 5.92. The van der Waals surface area contributed by atoms with Crippen molar-refractivity contribution < 1.29 is 4.74 Å². The second-order valence-corrected chi connectivity index (χ2v) is 8.45. The van der Waals surface area contributed by atoms with E-state index in [4.69, 9.17) is 4.74 Å². The summed E-state index contributed by atoms with van der Waals surface area (Å²) in [6, 6.07) is 0. The Hall–Kier alpha value is -0.720. The van der Waals surface area contributed by atoms with Crippen LogP contribution < -0.4 is 0 Å². The standard InChI is InChI=1S/C19H30O/c1-6-14-8-9-16-18(4)12-7-11-17(2,3)15(18)10-13-19(16,5)20-14/h6,8,15-16H,1,7,9-13H2,2-5H3/t15-,16+,18-,19+/m0/s1. The van der Waals surface area contributed by atoms with Gasteiger partial charge in [-0.2, -0.15) is 0 Å². The zero-order chi connectivity index (χ0) is 14.6. The van der Waals surface area contributed by atoms with Gasteiger partial charge in [0.25, 0.3) is 0 Å². The number of hydrogen-bond acceptors (Lipinski definition) is 1. The monoisotopic (exact) mass is 274 g/mol. The highest BCUT2D eigenvalue weighted by molar-refractivity contribution is 5.19. The Balaban J connectivity index is 1.98. The summed E-state index contributed by atoms with van der Waals surface area (Å²) in [5, 5.41) is 0. The summed E-state index contributed by atoms with van der Waals surface area (Å²) in [4.78, 5) is 0. The van der Waals surface area contributed by atoms with E-state index in [1.807, 2.05) is 6.08 Å². The quantitative estimate of drug-likeness (QED) is 0.615. The van der Waals surface area contributed by atoms with Crippen molar-refractivity contribution in [1.82, 2.24) is 0 Å². The molecule has 0 aromatic carbocycles. The maximum absolute atomic E-state index is 6.35. The largest absolute Gasteiger partial charge is 0.488 e. The number of allylic oxidation sites excluding steroid dienone is 2. The van der Waals surface area contributed by atoms with Gasteiger partial charge in [-0.05, 0) is 67.9 Å². The van der Waals surface area contributed by atoms with Crippen molar-refractivity contribution in [2.75, 3.05) is 0 Å². The van der Waals surface area contributed by atoms with Crippen LogP contribution in [-0.4, -0.2) is 5.60 Å². The third-order valence-electron chi connectivity index (χ3n) is 6.85. The Morgan fingerprint density at radius 2 is 1.90 bits per heavy atom. The molecule has 1 aliphatic heterocycles. The first-order valence-electron chi connectivity index (χ1n) is 8.33.